The van der Waals surface area contributed by atoms with Crippen LogP contribution in [0.4, 0.5) is 8.78 Å². The molecule has 0 spiro atoms. The third-order valence-electron chi connectivity index (χ3n) is 4.42. The van der Waals surface area contributed by atoms with Gasteiger partial charge >= 0.3 is 0 Å². The van der Waals surface area contributed by atoms with E-state index in [1.807, 2.05) is 0 Å². The van der Waals surface area contributed by atoms with Gasteiger partial charge in [-0.05, 0) is 19.1 Å². The van der Waals surface area contributed by atoms with Gasteiger partial charge in [0.15, 0.2) is 0 Å². The van der Waals surface area contributed by atoms with E-state index in [1.54, 1.807) is 13.0 Å². The molecule has 3 rings (SSSR count). The van der Waals surface area contributed by atoms with Gasteiger partial charge in [-0.15, -0.1) is 0 Å². The van der Waals surface area contributed by atoms with Crippen LogP contribution in [-0.2, 0) is 4.74 Å². The van der Waals surface area contributed by atoms with Gasteiger partial charge in [0.1, 0.15) is 35.8 Å². The molecular formula is C20H21Cl2F2NO3. The van der Waals surface area contributed by atoms with Crippen molar-refractivity contribution in [3.05, 3.63) is 57.6 Å². The Morgan fingerprint density at radius 2 is 1.82 bits per heavy atom. The first kappa shape index (κ1) is 21.1. The summed E-state index contributed by atoms with van der Waals surface area (Å²) in [6.45, 7) is 5.93. The van der Waals surface area contributed by atoms with Crippen LogP contribution in [0.3, 0.4) is 0 Å². The fourth-order valence-corrected chi connectivity index (χ4v) is 3.66. The number of morpholine rings is 1. The monoisotopic (exact) mass is 431 g/mol. The molecule has 0 N–H and O–H groups in total. The highest BCUT2D eigenvalue weighted by Gasteiger charge is 2.19. The molecule has 0 aliphatic carbocycles. The summed E-state index contributed by atoms with van der Waals surface area (Å²) >= 11 is 12.1. The Morgan fingerprint density at radius 3 is 2.57 bits per heavy atom. The number of ether oxygens (including phenoxy) is 3. The highest BCUT2D eigenvalue weighted by Crippen LogP contribution is 2.35. The Balaban J connectivity index is 1.65. The second-order valence-corrected chi connectivity index (χ2v) is 7.23. The summed E-state index contributed by atoms with van der Waals surface area (Å²) in [6.07, 6.45) is -0.682. The lowest BCUT2D eigenvalue weighted by Gasteiger charge is -2.26. The fourth-order valence-electron chi connectivity index (χ4n) is 2.98. The molecule has 0 aromatic heterocycles. The molecule has 1 aliphatic heterocycles. The predicted octanol–water partition coefficient (Wildman–Crippen LogP) is 5.12. The van der Waals surface area contributed by atoms with Crippen LogP contribution in [0.15, 0.2) is 30.3 Å². The van der Waals surface area contributed by atoms with Gasteiger partial charge in [0.25, 0.3) is 0 Å². The van der Waals surface area contributed by atoms with E-state index in [0.717, 1.165) is 19.6 Å². The van der Waals surface area contributed by atoms with E-state index in [-0.39, 0.29) is 15.8 Å². The molecule has 152 valence electrons. The van der Waals surface area contributed by atoms with Gasteiger partial charge in [0.2, 0.25) is 0 Å². The summed E-state index contributed by atoms with van der Waals surface area (Å²) < 4.78 is 44.5. The highest BCUT2D eigenvalue weighted by molar-refractivity contribution is 6.36. The summed E-state index contributed by atoms with van der Waals surface area (Å²) in [4.78, 5) is 2.22. The van der Waals surface area contributed by atoms with E-state index < -0.39 is 17.7 Å². The lowest BCUT2D eigenvalue weighted by Crippen LogP contribution is -2.38. The maximum absolute atomic E-state index is 14.0. The van der Waals surface area contributed by atoms with Crippen molar-refractivity contribution in [3.8, 4) is 11.5 Å². The van der Waals surface area contributed by atoms with Gasteiger partial charge in [0.05, 0.1) is 18.2 Å². The topological polar surface area (TPSA) is 30.9 Å². The molecule has 1 aliphatic rings. The fraction of sp³-hybridized carbons (Fsp3) is 0.400. The minimum Gasteiger partial charge on any atom is -0.492 e. The highest BCUT2D eigenvalue weighted by atomic mass is 35.5. The number of rotatable bonds is 7. The van der Waals surface area contributed by atoms with Crippen molar-refractivity contribution >= 4 is 23.2 Å². The summed E-state index contributed by atoms with van der Waals surface area (Å²) in [7, 11) is 0. The predicted molar refractivity (Wildman–Crippen MR) is 105 cm³/mol. The Kier molecular flexibility index (Phi) is 7.35. The van der Waals surface area contributed by atoms with E-state index in [9.17, 15) is 8.78 Å². The Labute approximate surface area is 172 Å². The molecule has 1 atom stereocenters. The largest absolute Gasteiger partial charge is 0.492 e. The number of halogens is 4. The van der Waals surface area contributed by atoms with Crippen LogP contribution in [0.1, 0.15) is 18.6 Å². The summed E-state index contributed by atoms with van der Waals surface area (Å²) in [5.74, 6) is -0.498. The zero-order valence-electron chi connectivity index (χ0n) is 15.4. The SMILES string of the molecule is CC(Oc1cc(F)cc(OCCN2CCOCC2)c1)c1c(Cl)ccc(F)c1Cl. The summed E-state index contributed by atoms with van der Waals surface area (Å²) in [6, 6.07) is 6.69. The van der Waals surface area contributed by atoms with Crippen LogP contribution in [-0.4, -0.2) is 44.4 Å². The molecule has 1 unspecified atom stereocenters. The molecule has 2 aromatic rings. The molecular weight excluding hydrogens is 411 g/mol. The average Bonchev–Trinajstić information content (AvgIpc) is 2.65. The molecule has 1 fully saturated rings. The Bertz CT molecular complexity index is 816. The van der Waals surface area contributed by atoms with Crippen molar-refractivity contribution in [1.82, 2.24) is 4.90 Å². The normalized spacial score (nSPS) is 16.0. The van der Waals surface area contributed by atoms with Gasteiger partial charge in [-0.2, -0.15) is 0 Å². The quantitative estimate of drug-likeness (QED) is 0.569. The van der Waals surface area contributed by atoms with Gasteiger partial charge in [-0.25, -0.2) is 8.78 Å². The lowest BCUT2D eigenvalue weighted by molar-refractivity contribution is 0.0322. The number of benzene rings is 2. The Morgan fingerprint density at radius 1 is 1.11 bits per heavy atom. The van der Waals surface area contributed by atoms with Crippen molar-refractivity contribution in [2.24, 2.45) is 0 Å². The molecule has 0 amide bonds. The smallest absolute Gasteiger partial charge is 0.142 e. The van der Waals surface area contributed by atoms with Crippen LogP contribution in [0, 0.1) is 11.6 Å². The summed E-state index contributed by atoms with van der Waals surface area (Å²) in [5, 5.41) is 0.163. The van der Waals surface area contributed by atoms with E-state index in [4.69, 9.17) is 37.4 Å². The van der Waals surface area contributed by atoms with Gasteiger partial charge in [0, 0.05) is 48.4 Å². The molecule has 1 saturated heterocycles. The molecule has 2 aromatic carbocycles. The van der Waals surface area contributed by atoms with E-state index in [2.05, 4.69) is 4.90 Å². The van der Waals surface area contributed by atoms with E-state index in [1.165, 1.54) is 24.3 Å². The molecule has 0 bridgehead atoms. The molecule has 0 saturated carbocycles. The van der Waals surface area contributed by atoms with Crippen molar-refractivity contribution in [3.63, 3.8) is 0 Å². The molecule has 1 heterocycles. The van der Waals surface area contributed by atoms with Crippen molar-refractivity contribution in [2.75, 3.05) is 39.5 Å². The van der Waals surface area contributed by atoms with Crippen LogP contribution in [0.5, 0.6) is 11.5 Å². The van der Waals surface area contributed by atoms with E-state index >= 15 is 0 Å². The molecule has 0 radical (unpaired) electrons. The van der Waals surface area contributed by atoms with Crippen LogP contribution in [0.2, 0.25) is 10.0 Å². The maximum Gasteiger partial charge on any atom is 0.142 e. The molecule has 8 heteroatoms. The second-order valence-electron chi connectivity index (χ2n) is 6.44. The van der Waals surface area contributed by atoms with Crippen molar-refractivity contribution in [2.45, 2.75) is 13.0 Å². The lowest BCUT2D eigenvalue weighted by atomic mass is 10.1. The van der Waals surface area contributed by atoms with Crippen molar-refractivity contribution < 1.29 is 23.0 Å². The summed E-state index contributed by atoms with van der Waals surface area (Å²) in [5.41, 5.74) is 0.308. The average molecular weight is 432 g/mol. The number of hydrogen-bond acceptors (Lipinski definition) is 4. The minimum atomic E-state index is -0.682. The minimum absolute atomic E-state index is 0.113. The maximum atomic E-state index is 14.0. The van der Waals surface area contributed by atoms with Crippen molar-refractivity contribution in [1.29, 1.82) is 0 Å². The zero-order valence-corrected chi connectivity index (χ0v) is 16.9. The van der Waals surface area contributed by atoms with Crippen LogP contribution in [0.25, 0.3) is 0 Å². The first-order valence-electron chi connectivity index (χ1n) is 8.97. The number of nitrogens with zero attached hydrogens (tertiary/aromatic N) is 1. The number of hydrogen-bond donors (Lipinski definition) is 0. The van der Waals surface area contributed by atoms with Gasteiger partial charge < -0.3 is 14.2 Å². The molecule has 28 heavy (non-hydrogen) atoms. The Hall–Kier alpha value is -1.60. The standard InChI is InChI=1S/C20H21Cl2F2NO3/c1-13(19-17(21)2-3-18(24)20(19)22)28-16-11-14(23)10-15(12-16)27-9-6-25-4-7-26-8-5-25/h2-3,10-13H,4-9H2,1H3. The molecule has 4 nitrogen and oxygen atoms in total. The third kappa shape index (κ3) is 5.47. The van der Waals surface area contributed by atoms with Crippen LogP contribution < -0.4 is 9.47 Å². The zero-order chi connectivity index (χ0) is 20.1. The first-order valence-corrected chi connectivity index (χ1v) is 9.73. The van der Waals surface area contributed by atoms with Crippen LogP contribution >= 0.6 is 23.2 Å². The van der Waals surface area contributed by atoms with Gasteiger partial charge in [-0.1, -0.05) is 23.2 Å². The third-order valence-corrected chi connectivity index (χ3v) is 5.14. The first-order chi connectivity index (χ1) is 13.4. The second kappa shape index (κ2) is 9.74. The van der Waals surface area contributed by atoms with Gasteiger partial charge in [-0.3, -0.25) is 4.90 Å². The van der Waals surface area contributed by atoms with E-state index in [0.29, 0.717) is 31.1 Å².